The van der Waals surface area contributed by atoms with E-state index in [2.05, 4.69) is 558 Å². The van der Waals surface area contributed by atoms with Crippen molar-refractivity contribution in [1.29, 1.82) is 0 Å². The van der Waals surface area contributed by atoms with Gasteiger partial charge in [0, 0.05) is 0 Å². The zero-order chi connectivity index (χ0) is 94.6. The molecule has 0 saturated heterocycles. The molecule has 0 N–H and O–H groups in total. The van der Waals surface area contributed by atoms with E-state index in [0.29, 0.717) is 10.8 Å². The Morgan fingerprint density at radius 3 is 0.752 bits per heavy atom. The van der Waals surface area contributed by atoms with Crippen molar-refractivity contribution in [3.8, 4) is 0 Å². The molecule has 0 saturated carbocycles. The van der Waals surface area contributed by atoms with E-state index in [1.165, 1.54) is 142 Å². The number of hydrogen-bond acceptors (Lipinski definition) is 0. The Bertz CT molecular complexity index is 5570. The molecule has 0 aliphatic carbocycles. The second kappa shape index (κ2) is 40.9. The zero-order valence-electron chi connectivity index (χ0n) is 86.9. The van der Waals surface area contributed by atoms with Crippen molar-refractivity contribution < 1.29 is 0 Å². The fourth-order valence-electron chi connectivity index (χ4n) is 15.6. The molecule has 14 rings (SSSR count). The van der Waals surface area contributed by atoms with Gasteiger partial charge < -0.3 is 0 Å². The predicted molar refractivity (Wildman–Crippen MR) is 568 cm³/mol. The van der Waals surface area contributed by atoms with Gasteiger partial charge in [0.05, 0.1) is 0 Å². The minimum absolute atomic E-state index is 0.181. The maximum absolute atomic E-state index is 2.39. The molecule has 0 aliphatic heterocycles. The topological polar surface area (TPSA) is 0 Å². The number of rotatable bonds is 0. The first-order valence-electron chi connectivity index (χ1n) is 46.6. The molecule has 0 amide bonds. The van der Waals surface area contributed by atoms with Crippen LogP contribution in [0, 0.1) is 17.8 Å². The highest BCUT2D eigenvalue weighted by Crippen LogP contribution is 2.42. The third kappa shape index (κ3) is 31.4. The fourth-order valence-corrected chi connectivity index (χ4v) is 15.6. The maximum Gasteiger partial charge on any atom is -0.0109 e. The van der Waals surface area contributed by atoms with Gasteiger partial charge in [0.1, 0.15) is 0 Å². The SMILES string of the molecule is CC(C)(C)C.CC(C)(C)C.CC(C)(C)c1cc(C(C)(C)C)c2ccccc2c1.CC(C)(C)c1ccc(C(C)(C)C)c2ccccc12.CC(C)(C)c1ccc2c(C(C)(C)C)cccc2c1.CC(C)(C)c1ccc2cccc(C(C)(C)C)c2c1.CC(C)(C)c1cccc2cccc(C(C)(C)C)c12.Cc1cccc2c(C(C)(C)C)cccc12.c1ccc2ccccc2c1. The summed E-state index contributed by atoms with van der Waals surface area (Å²) in [5.41, 5.74) is 20.3. The number of fused-ring (bicyclic) bond motifs is 7. The highest BCUT2D eigenvalue weighted by molar-refractivity contribution is 5.94. The lowest BCUT2D eigenvalue weighted by molar-refractivity contribution is 0.469. The van der Waals surface area contributed by atoms with Crippen LogP contribution in [0.3, 0.4) is 0 Å². The van der Waals surface area contributed by atoms with Gasteiger partial charge in [-0.1, -0.05) is 551 Å². The molecule has 0 radical (unpaired) electrons. The molecule has 670 valence electrons. The quantitative estimate of drug-likeness (QED) is 0.142. The van der Waals surface area contributed by atoms with Crippen LogP contribution in [0.25, 0.3) is 75.4 Å². The van der Waals surface area contributed by atoms with E-state index < -0.39 is 0 Å². The predicted octanol–water partition coefficient (Wildman–Crippen LogP) is 38.6. The van der Waals surface area contributed by atoms with Gasteiger partial charge in [-0.3, -0.25) is 0 Å². The first-order chi connectivity index (χ1) is 57.0. The lowest BCUT2D eigenvalue weighted by Crippen LogP contribution is -2.17. The Morgan fingerprint density at radius 1 is 0.136 bits per heavy atom. The molecule has 0 fully saturated rings. The van der Waals surface area contributed by atoms with Crippen LogP contribution >= 0.6 is 0 Å². The van der Waals surface area contributed by atoms with Crippen molar-refractivity contribution in [1.82, 2.24) is 0 Å². The summed E-state index contributed by atoms with van der Waals surface area (Å²) in [4.78, 5) is 0. The second-order valence-electron chi connectivity index (χ2n) is 49.7. The van der Waals surface area contributed by atoms with Crippen molar-refractivity contribution in [3.63, 3.8) is 0 Å². The molecule has 14 aromatic carbocycles. The smallest absolute Gasteiger partial charge is 0.0109 e. The number of aryl methyl sites for hydroxylation is 1. The van der Waals surface area contributed by atoms with Gasteiger partial charge in [-0.15, -0.1) is 0 Å². The number of hydrogen-bond donors (Lipinski definition) is 0. The Morgan fingerprint density at radius 2 is 0.376 bits per heavy atom. The van der Waals surface area contributed by atoms with Crippen molar-refractivity contribution in [3.05, 3.63) is 334 Å². The Balaban J connectivity index is 0.000000222. The lowest BCUT2D eigenvalue weighted by Gasteiger charge is -2.27. The largest absolute Gasteiger partial charge is 0.0616 e. The Kier molecular flexibility index (Phi) is 34.3. The highest BCUT2D eigenvalue weighted by atomic mass is 14.3. The lowest BCUT2D eigenvalue weighted by atomic mass is 9.77. The summed E-state index contributed by atoms with van der Waals surface area (Å²) in [7, 11) is 0. The van der Waals surface area contributed by atoms with Crippen LogP contribution in [0.4, 0.5) is 0 Å². The first kappa shape index (κ1) is 105. The average molecular weight is 1670 g/mol. The minimum Gasteiger partial charge on any atom is -0.0616 e. The molecule has 0 aromatic heterocycles. The van der Waals surface area contributed by atoms with Crippen molar-refractivity contribution >= 4 is 75.4 Å². The van der Waals surface area contributed by atoms with Gasteiger partial charge in [0.15, 0.2) is 0 Å². The fraction of sp³-hybridized carbons (Fsp3) is 0.440. The minimum atomic E-state index is 0.181. The second-order valence-corrected chi connectivity index (χ2v) is 49.7. The highest BCUT2D eigenvalue weighted by Gasteiger charge is 2.28. The molecule has 0 heteroatoms. The molecule has 0 aliphatic rings. The van der Waals surface area contributed by atoms with E-state index >= 15 is 0 Å². The standard InChI is InChI=1S/5C18H24.C15H18.C10H8.2C5H12/c1-17(2,3)14-11-7-9-13-10-8-12-15(16(13)14)18(4,5)6;1-17(2,3)14-10-11-15-13(12-14)8-7-9-16(15)18(4,5)6;1-17(2,3)14-11-10-13-8-7-9-16(15(13)12-14)18(4,5)6;1-17(2,3)14-11-13-9-7-8-10-15(13)16(12-14)18(4,5)6;1-17(2,3)15-11-12-16(18(4,5)6)14-10-8-7-9-13(14)15;1-11-7-5-9-13-12(11)8-6-10-14(13)15(2,3)4;1-2-6-10-8-4-3-7-9(10)5-1;2*1-5(2,3)4/h5*7-12H,1-6H3;5-10H,1-4H3;1-8H;2*1-4H3. The van der Waals surface area contributed by atoms with Crippen LogP contribution in [0.15, 0.2) is 267 Å². The van der Waals surface area contributed by atoms with Crippen LogP contribution < -0.4 is 0 Å². The van der Waals surface area contributed by atoms with Crippen LogP contribution in [-0.2, 0) is 59.6 Å². The molecular formula is C125H170. The van der Waals surface area contributed by atoms with E-state index in [1.54, 1.807) is 0 Å². The molecule has 0 atom stereocenters. The summed E-state index contributed by atoms with van der Waals surface area (Å²) in [6.45, 7) is 95.0. The number of benzene rings is 14. The Labute approximate surface area is 765 Å². The van der Waals surface area contributed by atoms with Gasteiger partial charge in [0.2, 0.25) is 0 Å². The maximum atomic E-state index is 2.39. The molecule has 0 heterocycles. The van der Waals surface area contributed by atoms with Crippen LogP contribution in [0.2, 0.25) is 0 Å². The summed E-state index contributed by atoms with van der Waals surface area (Å²) in [5, 5.41) is 19.2. The van der Waals surface area contributed by atoms with Crippen LogP contribution in [0.5, 0.6) is 0 Å². The van der Waals surface area contributed by atoms with Gasteiger partial charge in [-0.2, -0.15) is 0 Å². The van der Waals surface area contributed by atoms with Gasteiger partial charge >= 0.3 is 0 Å². The average Bonchev–Trinajstić information content (AvgIpc) is 0.781. The molecule has 125 heavy (non-hydrogen) atoms. The third-order valence-electron chi connectivity index (χ3n) is 22.3. The van der Waals surface area contributed by atoms with E-state index in [4.69, 9.17) is 0 Å². The molecule has 0 nitrogen and oxygen atoms in total. The van der Waals surface area contributed by atoms with Crippen LogP contribution in [-0.4, -0.2) is 0 Å². The van der Waals surface area contributed by atoms with E-state index in [-0.39, 0.29) is 59.6 Å². The van der Waals surface area contributed by atoms with E-state index in [1.807, 2.05) is 0 Å². The van der Waals surface area contributed by atoms with Crippen LogP contribution in [0.1, 0.15) is 351 Å². The van der Waals surface area contributed by atoms with Crippen molar-refractivity contribution in [2.75, 3.05) is 0 Å². The molecule has 14 aromatic rings. The van der Waals surface area contributed by atoms with E-state index in [0.717, 1.165) is 0 Å². The summed E-state index contributed by atoms with van der Waals surface area (Å²) in [6, 6.07) is 97.1. The molecule has 0 bridgehead atoms. The normalized spacial score (nSPS) is 12.6. The monoisotopic (exact) mass is 1670 g/mol. The van der Waals surface area contributed by atoms with Gasteiger partial charge in [0.25, 0.3) is 0 Å². The molecular weight excluding hydrogens is 1500 g/mol. The summed E-state index contributed by atoms with van der Waals surface area (Å²) in [6.07, 6.45) is 0. The summed E-state index contributed by atoms with van der Waals surface area (Å²) < 4.78 is 0. The Hall–Kier alpha value is -9.10. The zero-order valence-corrected chi connectivity index (χ0v) is 86.9. The first-order valence-corrected chi connectivity index (χ1v) is 46.6. The van der Waals surface area contributed by atoms with E-state index in [9.17, 15) is 0 Å². The third-order valence-corrected chi connectivity index (χ3v) is 22.3. The van der Waals surface area contributed by atoms with Gasteiger partial charge in [-0.05, 0) is 219 Å². The van der Waals surface area contributed by atoms with Gasteiger partial charge in [-0.25, -0.2) is 0 Å². The van der Waals surface area contributed by atoms with Crippen molar-refractivity contribution in [2.24, 2.45) is 10.8 Å². The van der Waals surface area contributed by atoms with Crippen molar-refractivity contribution in [2.45, 2.75) is 350 Å². The molecule has 0 unspecified atom stereocenters. The molecule has 0 spiro atoms. The summed E-state index contributed by atoms with van der Waals surface area (Å²) in [5.74, 6) is 0. The summed E-state index contributed by atoms with van der Waals surface area (Å²) >= 11 is 0.